The van der Waals surface area contributed by atoms with Crippen molar-refractivity contribution >= 4 is 44.9 Å². The molecular formula is C25H18N6O2S. The van der Waals surface area contributed by atoms with E-state index in [2.05, 4.69) is 31.9 Å². The number of fused-ring (bicyclic) bond motifs is 3. The van der Waals surface area contributed by atoms with Crippen LogP contribution in [0, 0.1) is 0 Å². The minimum atomic E-state index is -0.201. The van der Waals surface area contributed by atoms with E-state index in [0.29, 0.717) is 27.9 Å². The van der Waals surface area contributed by atoms with E-state index >= 15 is 0 Å². The largest absolute Gasteiger partial charge is 0.497 e. The number of hydrogen-bond donors (Lipinski definition) is 2. The number of nitrogens with zero attached hydrogens (tertiary/aromatic N) is 4. The van der Waals surface area contributed by atoms with Gasteiger partial charge in [-0.3, -0.25) is 14.5 Å². The minimum Gasteiger partial charge on any atom is -0.497 e. The first-order chi connectivity index (χ1) is 16.7. The lowest BCUT2D eigenvalue weighted by Gasteiger charge is -2.13. The zero-order valence-electron chi connectivity index (χ0n) is 18.0. The molecule has 0 atom stereocenters. The van der Waals surface area contributed by atoms with Gasteiger partial charge in [0, 0.05) is 18.1 Å². The fraction of sp³-hybridized carbons (Fsp3) is 0.0400. The SMILES string of the molecule is COc1ccc(Nc2ncc3c4n[nH]cc4c(=O)n(-c4cccc(-c5ccsc5)c4)c3n2)cc1. The molecule has 0 aliphatic carbocycles. The molecule has 2 aromatic carbocycles. The van der Waals surface area contributed by atoms with Crippen molar-refractivity contribution in [3.8, 4) is 22.6 Å². The van der Waals surface area contributed by atoms with Gasteiger partial charge in [-0.25, -0.2) is 4.98 Å². The second-order valence-electron chi connectivity index (χ2n) is 7.63. The van der Waals surface area contributed by atoms with Crippen LogP contribution < -0.4 is 15.6 Å². The molecule has 4 aromatic heterocycles. The third-order valence-corrected chi connectivity index (χ3v) is 6.30. The van der Waals surface area contributed by atoms with Gasteiger partial charge in [-0.2, -0.15) is 21.4 Å². The van der Waals surface area contributed by atoms with Crippen molar-refractivity contribution in [3.63, 3.8) is 0 Å². The van der Waals surface area contributed by atoms with Crippen LogP contribution in [-0.2, 0) is 0 Å². The van der Waals surface area contributed by atoms with E-state index in [9.17, 15) is 4.79 Å². The maximum atomic E-state index is 13.6. The highest BCUT2D eigenvalue weighted by molar-refractivity contribution is 7.08. The highest BCUT2D eigenvalue weighted by Gasteiger charge is 2.17. The smallest absolute Gasteiger partial charge is 0.267 e. The molecule has 166 valence electrons. The van der Waals surface area contributed by atoms with Gasteiger partial charge in [0.1, 0.15) is 11.3 Å². The van der Waals surface area contributed by atoms with Crippen molar-refractivity contribution in [1.82, 2.24) is 24.7 Å². The highest BCUT2D eigenvalue weighted by Crippen LogP contribution is 2.27. The van der Waals surface area contributed by atoms with Gasteiger partial charge >= 0.3 is 0 Å². The standard InChI is InChI=1S/C25H18N6O2S/c1-33-19-7-5-17(6-8-19)28-25-26-12-20-22-21(13-27-30-22)24(32)31(23(20)29-25)18-4-2-3-15(11-18)16-9-10-34-14-16/h2-14H,1H3,(H,27,30)(H,26,28,29). The summed E-state index contributed by atoms with van der Waals surface area (Å²) in [5.41, 5.74) is 4.46. The van der Waals surface area contributed by atoms with E-state index < -0.39 is 0 Å². The molecule has 0 saturated carbocycles. The van der Waals surface area contributed by atoms with Crippen molar-refractivity contribution in [2.24, 2.45) is 0 Å². The summed E-state index contributed by atoms with van der Waals surface area (Å²) < 4.78 is 6.83. The zero-order valence-corrected chi connectivity index (χ0v) is 18.8. The van der Waals surface area contributed by atoms with E-state index in [1.807, 2.05) is 53.9 Å². The number of ether oxygens (including phenoxy) is 1. The van der Waals surface area contributed by atoms with Gasteiger partial charge in [0.25, 0.3) is 5.56 Å². The first kappa shape index (κ1) is 20.1. The Morgan fingerprint density at radius 3 is 2.74 bits per heavy atom. The normalized spacial score (nSPS) is 11.2. The molecule has 8 nitrogen and oxygen atoms in total. The van der Waals surface area contributed by atoms with Gasteiger partial charge in [0.15, 0.2) is 5.65 Å². The fourth-order valence-corrected chi connectivity index (χ4v) is 4.61. The predicted molar refractivity (Wildman–Crippen MR) is 134 cm³/mol. The molecule has 0 radical (unpaired) electrons. The molecule has 4 heterocycles. The Kier molecular flexibility index (Phi) is 4.81. The number of aromatic amines is 1. The van der Waals surface area contributed by atoms with Crippen LogP contribution in [0.25, 0.3) is 38.8 Å². The summed E-state index contributed by atoms with van der Waals surface area (Å²) in [5.74, 6) is 1.12. The van der Waals surface area contributed by atoms with Crippen LogP contribution in [0.3, 0.4) is 0 Å². The van der Waals surface area contributed by atoms with Crippen molar-refractivity contribution in [2.45, 2.75) is 0 Å². The monoisotopic (exact) mass is 466 g/mol. The van der Waals surface area contributed by atoms with Gasteiger partial charge in [0.05, 0.1) is 23.6 Å². The van der Waals surface area contributed by atoms with Crippen molar-refractivity contribution < 1.29 is 4.74 Å². The van der Waals surface area contributed by atoms with Crippen molar-refractivity contribution in [2.75, 3.05) is 12.4 Å². The number of aromatic nitrogens is 5. The van der Waals surface area contributed by atoms with Gasteiger partial charge in [0.2, 0.25) is 5.95 Å². The van der Waals surface area contributed by atoms with Crippen LogP contribution in [0.15, 0.2) is 82.5 Å². The molecule has 6 rings (SSSR count). The van der Waals surface area contributed by atoms with Gasteiger partial charge in [-0.05, 0) is 64.4 Å². The molecule has 0 unspecified atom stereocenters. The lowest BCUT2D eigenvalue weighted by molar-refractivity contribution is 0.415. The van der Waals surface area contributed by atoms with Crippen LogP contribution >= 0.6 is 11.3 Å². The van der Waals surface area contributed by atoms with Gasteiger partial charge in [-0.15, -0.1) is 0 Å². The summed E-state index contributed by atoms with van der Waals surface area (Å²) in [6.07, 6.45) is 3.30. The Morgan fingerprint density at radius 2 is 1.94 bits per heavy atom. The first-order valence-electron chi connectivity index (χ1n) is 10.5. The molecule has 0 spiro atoms. The van der Waals surface area contributed by atoms with Crippen molar-refractivity contribution in [1.29, 1.82) is 0 Å². The Balaban J connectivity index is 1.54. The number of pyridine rings is 1. The van der Waals surface area contributed by atoms with E-state index in [-0.39, 0.29) is 5.56 Å². The second kappa shape index (κ2) is 8.13. The van der Waals surface area contributed by atoms with E-state index in [1.54, 1.807) is 35.4 Å². The summed E-state index contributed by atoms with van der Waals surface area (Å²) in [6.45, 7) is 0. The minimum absolute atomic E-state index is 0.201. The number of H-pyrrole nitrogens is 1. The van der Waals surface area contributed by atoms with Crippen LogP contribution in [0.2, 0.25) is 0 Å². The third-order valence-electron chi connectivity index (χ3n) is 5.61. The number of hydrogen-bond acceptors (Lipinski definition) is 7. The maximum absolute atomic E-state index is 13.6. The first-order valence-corrected chi connectivity index (χ1v) is 11.4. The highest BCUT2D eigenvalue weighted by atomic mass is 32.1. The molecule has 34 heavy (non-hydrogen) atoms. The number of thiophene rings is 1. The molecule has 0 bridgehead atoms. The summed E-state index contributed by atoms with van der Waals surface area (Å²) in [6, 6.07) is 17.4. The predicted octanol–water partition coefficient (Wildman–Crippen LogP) is 5.14. The average molecular weight is 467 g/mol. The molecule has 0 aliphatic heterocycles. The molecule has 6 aromatic rings. The maximum Gasteiger partial charge on any atom is 0.267 e. The fourth-order valence-electron chi connectivity index (χ4n) is 3.94. The Hall–Kier alpha value is -4.50. The Bertz CT molecular complexity index is 1690. The van der Waals surface area contributed by atoms with E-state index in [0.717, 1.165) is 28.3 Å². The zero-order chi connectivity index (χ0) is 23.1. The summed E-state index contributed by atoms with van der Waals surface area (Å²) >= 11 is 1.63. The molecule has 0 saturated heterocycles. The molecule has 9 heteroatoms. The number of benzene rings is 2. The van der Waals surface area contributed by atoms with Crippen LogP contribution in [0.1, 0.15) is 0 Å². The molecule has 2 N–H and O–H groups in total. The Morgan fingerprint density at radius 1 is 1.06 bits per heavy atom. The quantitative estimate of drug-likeness (QED) is 0.365. The van der Waals surface area contributed by atoms with Crippen LogP contribution in [0.5, 0.6) is 5.75 Å². The third kappa shape index (κ3) is 3.39. The summed E-state index contributed by atoms with van der Waals surface area (Å²) in [7, 11) is 1.62. The number of rotatable bonds is 5. The lowest BCUT2D eigenvalue weighted by atomic mass is 10.1. The second-order valence-corrected chi connectivity index (χ2v) is 8.41. The van der Waals surface area contributed by atoms with Gasteiger partial charge in [-0.1, -0.05) is 12.1 Å². The van der Waals surface area contributed by atoms with Crippen molar-refractivity contribution in [3.05, 3.63) is 88.1 Å². The van der Waals surface area contributed by atoms with Crippen LogP contribution in [0.4, 0.5) is 11.6 Å². The van der Waals surface area contributed by atoms with Gasteiger partial charge < -0.3 is 10.1 Å². The number of methoxy groups -OCH3 is 1. The molecule has 0 fully saturated rings. The lowest BCUT2D eigenvalue weighted by Crippen LogP contribution is -2.20. The summed E-state index contributed by atoms with van der Waals surface area (Å²) in [5, 5.41) is 15.6. The van der Waals surface area contributed by atoms with E-state index in [1.165, 1.54) is 0 Å². The summed E-state index contributed by atoms with van der Waals surface area (Å²) in [4.78, 5) is 22.8. The topological polar surface area (TPSA) is 97.7 Å². The van der Waals surface area contributed by atoms with E-state index in [4.69, 9.17) is 9.72 Å². The number of anilines is 2. The number of nitrogens with one attached hydrogen (secondary N) is 2. The average Bonchev–Trinajstić information content (AvgIpc) is 3.58. The molecule has 0 amide bonds. The molecule has 0 aliphatic rings. The Labute approximate surface area is 197 Å². The van der Waals surface area contributed by atoms with Crippen LogP contribution in [-0.4, -0.2) is 31.8 Å². The molecular weight excluding hydrogens is 448 g/mol.